The molecule has 4 nitrogen and oxygen atoms in total. The van der Waals surface area contributed by atoms with Crippen molar-refractivity contribution in [3.05, 3.63) is 70.8 Å². The lowest BCUT2D eigenvalue weighted by Crippen LogP contribution is -2.40. The summed E-state index contributed by atoms with van der Waals surface area (Å²) in [5, 5.41) is 3.18. The number of hydrogen-bond acceptors (Lipinski definition) is 3. The Morgan fingerprint density at radius 3 is 2.09 bits per heavy atom. The van der Waals surface area contributed by atoms with Crippen LogP contribution < -0.4 is 5.32 Å². The Hall–Kier alpha value is -2.17. The molecule has 1 N–H and O–H groups in total. The average molecular weight is 434 g/mol. The molecule has 0 bridgehead atoms. The summed E-state index contributed by atoms with van der Waals surface area (Å²) in [7, 11) is 0. The third-order valence-electron chi connectivity index (χ3n) is 7.12. The van der Waals surface area contributed by atoms with Gasteiger partial charge in [0.05, 0.1) is 0 Å². The van der Waals surface area contributed by atoms with Crippen LogP contribution in [-0.2, 0) is 24.4 Å². The molecule has 172 valence electrons. The third-order valence-corrected chi connectivity index (χ3v) is 7.12. The van der Waals surface area contributed by atoms with E-state index in [0.717, 1.165) is 44.9 Å². The lowest BCUT2D eigenvalue weighted by Gasteiger charge is -2.31. The molecule has 2 fully saturated rings. The monoisotopic (exact) mass is 433 g/mol. The maximum absolute atomic E-state index is 12.7. The number of aryl methyl sites for hydroxylation is 1. The number of nitrogens with zero attached hydrogens (tertiary/aromatic N) is 2. The van der Waals surface area contributed by atoms with Gasteiger partial charge in [0.1, 0.15) is 0 Å². The van der Waals surface area contributed by atoms with Gasteiger partial charge in [0, 0.05) is 32.1 Å². The number of likely N-dealkylation sites (tertiary alicyclic amines) is 2. The Morgan fingerprint density at radius 2 is 1.44 bits per heavy atom. The number of carbonyl (C=O) groups excluding carboxylic acids is 1. The highest BCUT2D eigenvalue weighted by Crippen LogP contribution is 2.20. The zero-order valence-corrected chi connectivity index (χ0v) is 19.9. The molecule has 1 amide bonds. The van der Waals surface area contributed by atoms with Gasteiger partial charge in [0.2, 0.25) is 5.91 Å². The Labute approximate surface area is 194 Å². The molecule has 32 heavy (non-hydrogen) atoms. The molecule has 4 heteroatoms. The van der Waals surface area contributed by atoms with E-state index in [1.807, 2.05) is 0 Å². The predicted octanol–water partition coefficient (Wildman–Crippen LogP) is 4.76. The van der Waals surface area contributed by atoms with Crippen LogP contribution in [0.2, 0.25) is 0 Å². The molecule has 2 aliphatic rings. The number of amides is 1. The second-order valence-corrected chi connectivity index (χ2v) is 10.1. The fourth-order valence-electron chi connectivity index (χ4n) is 5.09. The molecule has 2 aromatic rings. The van der Waals surface area contributed by atoms with Crippen LogP contribution in [0.25, 0.3) is 0 Å². The molecule has 2 aliphatic heterocycles. The van der Waals surface area contributed by atoms with Gasteiger partial charge < -0.3 is 5.32 Å². The first-order chi connectivity index (χ1) is 15.5. The van der Waals surface area contributed by atoms with E-state index in [-0.39, 0.29) is 11.8 Å². The van der Waals surface area contributed by atoms with Crippen LogP contribution in [0.3, 0.4) is 0 Å². The minimum Gasteiger partial charge on any atom is -0.352 e. The molecule has 2 saturated heterocycles. The van der Waals surface area contributed by atoms with Gasteiger partial charge in [0.15, 0.2) is 0 Å². The quantitative estimate of drug-likeness (QED) is 0.684. The van der Waals surface area contributed by atoms with Gasteiger partial charge in [-0.3, -0.25) is 14.6 Å². The van der Waals surface area contributed by atoms with Crippen molar-refractivity contribution in [2.45, 2.75) is 59.2 Å². The first-order valence-corrected chi connectivity index (χ1v) is 12.4. The first-order valence-electron chi connectivity index (χ1n) is 12.4. The Morgan fingerprint density at radius 1 is 0.844 bits per heavy atom. The molecule has 2 aromatic carbocycles. The highest BCUT2D eigenvalue weighted by atomic mass is 16.1. The topological polar surface area (TPSA) is 35.6 Å². The van der Waals surface area contributed by atoms with Gasteiger partial charge in [-0.2, -0.15) is 0 Å². The van der Waals surface area contributed by atoms with E-state index in [0.29, 0.717) is 6.54 Å². The van der Waals surface area contributed by atoms with Gasteiger partial charge in [0.25, 0.3) is 0 Å². The summed E-state index contributed by atoms with van der Waals surface area (Å²) in [5.41, 5.74) is 5.22. The van der Waals surface area contributed by atoms with Crippen LogP contribution in [0.15, 0.2) is 48.5 Å². The van der Waals surface area contributed by atoms with Gasteiger partial charge >= 0.3 is 0 Å². The highest BCUT2D eigenvalue weighted by molar-refractivity contribution is 5.78. The van der Waals surface area contributed by atoms with Crippen LogP contribution in [0.4, 0.5) is 0 Å². The van der Waals surface area contributed by atoms with E-state index in [4.69, 9.17) is 0 Å². The van der Waals surface area contributed by atoms with Crippen molar-refractivity contribution in [2.75, 3.05) is 26.2 Å². The molecular weight excluding hydrogens is 394 g/mol. The molecule has 4 rings (SSSR count). The standard InChI is InChI=1S/C28H39N3O/c1-22-5-7-25(8-6-22)20-30-16-13-27(14-17-30)28(32)29-18-24-9-11-26(12-10-24)21-31-15-3-4-23(2)19-31/h5-12,23,27H,3-4,13-21H2,1-2H3,(H,29,32). The zero-order chi connectivity index (χ0) is 22.3. The third kappa shape index (κ3) is 6.66. The van der Waals surface area contributed by atoms with E-state index in [1.165, 1.54) is 48.2 Å². The van der Waals surface area contributed by atoms with Crippen molar-refractivity contribution in [1.82, 2.24) is 15.1 Å². The zero-order valence-electron chi connectivity index (χ0n) is 19.9. The van der Waals surface area contributed by atoms with Crippen LogP contribution in [0.1, 0.15) is 54.9 Å². The largest absolute Gasteiger partial charge is 0.352 e. The van der Waals surface area contributed by atoms with Crippen molar-refractivity contribution in [1.29, 1.82) is 0 Å². The Balaban J connectivity index is 1.17. The van der Waals surface area contributed by atoms with Crippen molar-refractivity contribution >= 4 is 5.91 Å². The second kappa shape index (κ2) is 11.1. The summed E-state index contributed by atoms with van der Waals surface area (Å²) < 4.78 is 0. The van der Waals surface area contributed by atoms with Gasteiger partial charge in [-0.25, -0.2) is 0 Å². The second-order valence-electron chi connectivity index (χ2n) is 10.1. The summed E-state index contributed by atoms with van der Waals surface area (Å²) in [6.45, 7) is 11.5. The molecule has 0 radical (unpaired) electrons. The lowest BCUT2D eigenvalue weighted by molar-refractivity contribution is -0.126. The van der Waals surface area contributed by atoms with E-state index in [1.54, 1.807) is 0 Å². The lowest BCUT2D eigenvalue weighted by atomic mass is 9.95. The maximum Gasteiger partial charge on any atom is 0.223 e. The molecule has 0 aliphatic carbocycles. The van der Waals surface area contributed by atoms with Crippen molar-refractivity contribution in [2.24, 2.45) is 11.8 Å². The summed E-state index contributed by atoms with van der Waals surface area (Å²) in [6.07, 6.45) is 4.58. The number of rotatable bonds is 7. The minimum atomic E-state index is 0.143. The predicted molar refractivity (Wildman–Crippen MR) is 131 cm³/mol. The number of piperidine rings is 2. The fourth-order valence-corrected chi connectivity index (χ4v) is 5.09. The average Bonchev–Trinajstić information content (AvgIpc) is 2.80. The summed E-state index contributed by atoms with van der Waals surface area (Å²) in [4.78, 5) is 17.7. The SMILES string of the molecule is Cc1ccc(CN2CCC(C(=O)NCc3ccc(CN4CCCC(C)C4)cc3)CC2)cc1. The Bertz CT molecular complexity index is 853. The fraction of sp³-hybridized carbons (Fsp3) is 0.536. The van der Waals surface area contributed by atoms with E-state index < -0.39 is 0 Å². The summed E-state index contributed by atoms with van der Waals surface area (Å²) in [6, 6.07) is 17.6. The highest BCUT2D eigenvalue weighted by Gasteiger charge is 2.24. The molecule has 2 heterocycles. The van der Waals surface area contributed by atoms with Crippen molar-refractivity contribution in [3.63, 3.8) is 0 Å². The van der Waals surface area contributed by atoms with E-state index >= 15 is 0 Å². The van der Waals surface area contributed by atoms with Gasteiger partial charge in [-0.05, 0) is 74.8 Å². The summed E-state index contributed by atoms with van der Waals surface area (Å²) in [5.74, 6) is 1.17. The smallest absolute Gasteiger partial charge is 0.223 e. The summed E-state index contributed by atoms with van der Waals surface area (Å²) >= 11 is 0. The molecule has 1 unspecified atom stereocenters. The van der Waals surface area contributed by atoms with Crippen LogP contribution >= 0.6 is 0 Å². The number of carbonyl (C=O) groups is 1. The van der Waals surface area contributed by atoms with Crippen molar-refractivity contribution in [3.8, 4) is 0 Å². The van der Waals surface area contributed by atoms with Crippen molar-refractivity contribution < 1.29 is 4.79 Å². The molecular formula is C28H39N3O. The number of hydrogen-bond donors (Lipinski definition) is 1. The molecule has 0 spiro atoms. The molecule has 1 atom stereocenters. The maximum atomic E-state index is 12.7. The molecule has 0 saturated carbocycles. The normalized spacial score (nSPS) is 20.9. The first kappa shape index (κ1) is 23.0. The van der Waals surface area contributed by atoms with E-state index in [2.05, 4.69) is 77.5 Å². The van der Waals surface area contributed by atoms with Crippen LogP contribution in [-0.4, -0.2) is 41.9 Å². The minimum absolute atomic E-state index is 0.143. The Kier molecular flexibility index (Phi) is 7.99. The number of benzene rings is 2. The van der Waals surface area contributed by atoms with E-state index in [9.17, 15) is 4.79 Å². The number of nitrogens with one attached hydrogen (secondary N) is 1. The molecule has 0 aromatic heterocycles. The van der Waals surface area contributed by atoms with Gasteiger partial charge in [-0.15, -0.1) is 0 Å². The van der Waals surface area contributed by atoms with Crippen LogP contribution in [0, 0.1) is 18.8 Å². The van der Waals surface area contributed by atoms with Gasteiger partial charge in [-0.1, -0.05) is 61.0 Å². The van der Waals surface area contributed by atoms with Crippen LogP contribution in [0.5, 0.6) is 0 Å².